The molecule has 1 atom stereocenters. The highest BCUT2D eigenvalue weighted by atomic mass is 32.1. The molecule has 2 heterocycles. The first-order chi connectivity index (χ1) is 9.24. The predicted octanol–water partition coefficient (Wildman–Crippen LogP) is 2.70. The summed E-state index contributed by atoms with van der Waals surface area (Å²) in [4.78, 5) is 5.45. The predicted molar refractivity (Wildman–Crippen MR) is 78.4 cm³/mol. The van der Waals surface area contributed by atoms with Gasteiger partial charge in [0.2, 0.25) is 0 Å². The molecule has 0 aromatic carbocycles. The molecule has 2 rings (SSSR count). The molecule has 1 unspecified atom stereocenters. The molecule has 19 heavy (non-hydrogen) atoms. The summed E-state index contributed by atoms with van der Waals surface area (Å²) in [5.74, 6) is 0. The van der Waals surface area contributed by atoms with Gasteiger partial charge in [0.15, 0.2) is 0 Å². The third-order valence-corrected chi connectivity index (χ3v) is 3.88. The van der Waals surface area contributed by atoms with Gasteiger partial charge in [0.1, 0.15) is 0 Å². The number of likely N-dealkylation sites (N-methyl/N-ethyl adjacent to an activating group) is 1. The molecular weight excluding hydrogens is 256 g/mol. The van der Waals surface area contributed by atoms with Crippen LogP contribution in [0.4, 0.5) is 0 Å². The third kappa shape index (κ3) is 3.58. The Morgan fingerprint density at radius 1 is 1.32 bits per heavy atom. The van der Waals surface area contributed by atoms with Crippen LogP contribution >= 0.6 is 11.3 Å². The van der Waals surface area contributed by atoms with Gasteiger partial charge in [-0.15, -0.1) is 11.3 Å². The van der Waals surface area contributed by atoms with Crippen molar-refractivity contribution in [3.63, 3.8) is 0 Å². The Labute approximate surface area is 118 Å². The van der Waals surface area contributed by atoms with Crippen molar-refractivity contribution in [1.29, 1.82) is 0 Å². The van der Waals surface area contributed by atoms with Gasteiger partial charge in [-0.1, -0.05) is 13.8 Å². The minimum Gasteiger partial charge on any atom is -0.310 e. The summed E-state index contributed by atoms with van der Waals surface area (Å²) in [6, 6.07) is 2.44. The number of rotatable bonds is 6. The van der Waals surface area contributed by atoms with Gasteiger partial charge in [-0.2, -0.15) is 10.2 Å². The van der Waals surface area contributed by atoms with Crippen molar-refractivity contribution in [3.8, 4) is 0 Å². The first-order valence-electron chi connectivity index (χ1n) is 6.68. The van der Waals surface area contributed by atoms with E-state index in [-0.39, 0.29) is 6.04 Å². The lowest BCUT2D eigenvalue weighted by Gasteiger charge is -2.20. The average Bonchev–Trinajstić information content (AvgIpc) is 2.91. The lowest BCUT2D eigenvalue weighted by Crippen LogP contribution is -2.24. The van der Waals surface area contributed by atoms with Crippen LogP contribution in [0.5, 0.6) is 0 Å². The molecular formula is C14H20N4S. The lowest BCUT2D eigenvalue weighted by atomic mass is 10.00. The normalized spacial score (nSPS) is 12.6. The Bertz CT molecular complexity index is 510. The van der Waals surface area contributed by atoms with Crippen LogP contribution in [0.2, 0.25) is 0 Å². The number of nitrogens with one attached hydrogen (secondary N) is 1. The summed E-state index contributed by atoms with van der Waals surface area (Å²) >= 11 is 1.70. The van der Waals surface area contributed by atoms with E-state index in [1.807, 2.05) is 18.6 Å². The molecule has 102 valence electrons. The largest absolute Gasteiger partial charge is 0.310 e. The van der Waals surface area contributed by atoms with Crippen LogP contribution in [0, 0.1) is 6.92 Å². The number of aryl methyl sites for hydroxylation is 2. The maximum Gasteiger partial charge on any atom is 0.0794 e. The van der Waals surface area contributed by atoms with Crippen molar-refractivity contribution in [2.45, 2.75) is 39.7 Å². The number of hydrogen-bond donors (Lipinski definition) is 1. The quantitative estimate of drug-likeness (QED) is 0.881. The Morgan fingerprint density at radius 3 is 2.79 bits per heavy atom. The van der Waals surface area contributed by atoms with Gasteiger partial charge >= 0.3 is 0 Å². The standard InChI is InChI=1S/C14H20N4S/c1-4-13-12(6-10(3)17-18-13)14(16-5-2)7-11-8-15-9-19-11/h6,8-9,14,16H,4-5,7H2,1-3H3. The zero-order chi connectivity index (χ0) is 13.7. The van der Waals surface area contributed by atoms with E-state index in [1.165, 1.54) is 10.4 Å². The summed E-state index contributed by atoms with van der Waals surface area (Å²) < 4.78 is 0. The van der Waals surface area contributed by atoms with E-state index < -0.39 is 0 Å². The first-order valence-corrected chi connectivity index (χ1v) is 7.56. The van der Waals surface area contributed by atoms with E-state index in [1.54, 1.807) is 11.3 Å². The maximum absolute atomic E-state index is 4.33. The fourth-order valence-electron chi connectivity index (χ4n) is 2.19. The molecule has 0 aliphatic carbocycles. The average molecular weight is 276 g/mol. The van der Waals surface area contributed by atoms with Crippen molar-refractivity contribution < 1.29 is 0 Å². The summed E-state index contributed by atoms with van der Waals surface area (Å²) in [5, 5.41) is 12.0. The van der Waals surface area contributed by atoms with Gasteiger partial charge < -0.3 is 5.32 Å². The Hall–Kier alpha value is -1.33. The maximum atomic E-state index is 4.33. The molecule has 0 fully saturated rings. The van der Waals surface area contributed by atoms with Crippen LogP contribution in [0.15, 0.2) is 17.8 Å². The van der Waals surface area contributed by atoms with E-state index in [9.17, 15) is 0 Å². The monoisotopic (exact) mass is 276 g/mol. The lowest BCUT2D eigenvalue weighted by molar-refractivity contribution is 0.543. The highest BCUT2D eigenvalue weighted by molar-refractivity contribution is 7.09. The van der Waals surface area contributed by atoms with E-state index in [0.717, 1.165) is 30.8 Å². The number of thiazole rings is 1. The van der Waals surface area contributed by atoms with Gasteiger partial charge in [0, 0.05) is 23.5 Å². The van der Waals surface area contributed by atoms with Crippen LogP contribution in [0.1, 0.15) is 41.7 Å². The first kappa shape index (κ1) is 14.1. The van der Waals surface area contributed by atoms with Gasteiger partial charge in [0.05, 0.1) is 16.9 Å². The third-order valence-electron chi connectivity index (χ3n) is 3.08. The smallest absolute Gasteiger partial charge is 0.0794 e. The zero-order valence-corrected chi connectivity index (χ0v) is 12.5. The Kier molecular flexibility index (Phi) is 4.99. The second-order valence-electron chi connectivity index (χ2n) is 4.52. The number of nitrogens with zero attached hydrogens (tertiary/aromatic N) is 3. The van der Waals surface area contributed by atoms with E-state index >= 15 is 0 Å². The van der Waals surface area contributed by atoms with Crippen LogP contribution in [-0.4, -0.2) is 21.7 Å². The fraction of sp³-hybridized carbons (Fsp3) is 0.500. The highest BCUT2D eigenvalue weighted by Gasteiger charge is 2.17. The molecule has 0 saturated carbocycles. The molecule has 4 nitrogen and oxygen atoms in total. The van der Waals surface area contributed by atoms with E-state index in [0.29, 0.717) is 0 Å². The van der Waals surface area contributed by atoms with Crippen molar-refractivity contribution >= 4 is 11.3 Å². The minimum absolute atomic E-state index is 0.287. The van der Waals surface area contributed by atoms with Crippen molar-refractivity contribution in [2.75, 3.05) is 6.54 Å². The molecule has 0 amide bonds. The second kappa shape index (κ2) is 6.73. The fourth-order valence-corrected chi connectivity index (χ4v) is 2.84. The van der Waals surface area contributed by atoms with Crippen LogP contribution in [0.3, 0.4) is 0 Å². The molecule has 5 heteroatoms. The topological polar surface area (TPSA) is 50.7 Å². The zero-order valence-electron chi connectivity index (χ0n) is 11.7. The van der Waals surface area contributed by atoms with E-state index in [2.05, 4.69) is 40.4 Å². The minimum atomic E-state index is 0.287. The second-order valence-corrected chi connectivity index (χ2v) is 5.49. The van der Waals surface area contributed by atoms with Crippen molar-refractivity contribution in [1.82, 2.24) is 20.5 Å². The molecule has 0 spiro atoms. The molecule has 1 N–H and O–H groups in total. The molecule has 2 aromatic heterocycles. The van der Waals surface area contributed by atoms with Crippen molar-refractivity contribution in [2.24, 2.45) is 0 Å². The summed E-state index contributed by atoms with van der Waals surface area (Å²) in [6.07, 6.45) is 3.81. The van der Waals surface area contributed by atoms with Crippen LogP contribution in [-0.2, 0) is 12.8 Å². The SMILES string of the molecule is CCNC(Cc1cncs1)c1cc(C)nnc1CC. The molecule has 0 saturated heterocycles. The van der Waals surface area contributed by atoms with E-state index in [4.69, 9.17) is 0 Å². The summed E-state index contributed by atoms with van der Waals surface area (Å²) in [7, 11) is 0. The Balaban J connectivity index is 2.29. The van der Waals surface area contributed by atoms with Crippen molar-refractivity contribution in [3.05, 3.63) is 39.6 Å². The molecule has 0 aliphatic rings. The number of hydrogen-bond acceptors (Lipinski definition) is 5. The summed E-state index contributed by atoms with van der Waals surface area (Å²) in [6.45, 7) is 7.19. The highest BCUT2D eigenvalue weighted by Crippen LogP contribution is 2.23. The number of aromatic nitrogens is 3. The van der Waals surface area contributed by atoms with Gasteiger partial charge in [-0.05, 0) is 31.5 Å². The summed E-state index contributed by atoms with van der Waals surface area (Å²) in [5.41, 5.74) is 5.21. The van der Waals surface area contributed by atoms with Crippen LogP contribution in [0.25, 0.3) is 0 Å². The molecule has 2 aromatic rings. The van der Waals surface area contributed by atoms with Crippen LogP contribution < -0.4 is 5.32 Å². The molecule has 0 radical (unpaired) electrons. The molecule has 0 bridgehead atoms. The van der Waals surface area contributed by atoms with Gasteiger partial charge in [-0.25, -0.2) is 0 Å². The molecule has 0 aliphatic heterocycles. The Morgan fingerprint density at radius 2 is 2.16 bits per heavy atom. The van der Waals surface area contributed by atoms with Gasteiger partial charge in [0.25, 0.3) is 0 Å². The van der Waals surface area contributed by atoms with Gasteiger partial charge in [-0.3, -0.25) is 4.98 Å².